The molecule has 104 valence electrons. The predicted molar refractivity (Wildman–Crippen MR) is 88.4 cm³/mol. The maximum Gasteiger partial charge on any atom is 0.100 e. The molecule has 0 saturated heterocycles. The van der Waals surface area contributed by atoms with E-state index in [9.17, 15) is 0 Å². The van der Waals surface area contributed by atoms with Crippen LogP contribution >= 0.6 is 11.3 Å². The van der Waals surface area contributed by atoms with E-state index in [1.54, 1.807) is 11.3 Å². The Bertz CT molecular complexity index is 784. The molecule has 0 radical (unpaired) electrons. The van der Waals surface area contributed by atoms with E-state index >= 15 is 0 Å². The number of allylic oxidation sites excluding steroid dienone is 1. The largest absolute Gasteiger partial charge is 0.281 e. The van der Waals surface area contributed by atoms with Crippen LogP contribution < -0.4 is 0 Å². The SMILES string of the molecule is CC1(c2ccccc2)C=Cc2c(-c3ccsc3)n[nH]c2C1. The van der Waals surface area contributed by atoms with Crippen LogP contribution in [0.1, 0.15) is 23.7 Å². The van der Waals surface area contributed by atoms with Crippen molar-refractivity contribution in [3.05, 3.63) is 70.1 Å². The summed E-state index contributed by atoms with van der Waals surface area (Å²) < 4.78 is 0. The smallest absolute Gasteiger partial charge is 0.100 e. The summed E-state index contributed by atoms with van der Waals surface area (Å²) in [5.74, 6) is 0. The number of benzene rings is 1. The lowest BCUT2D eigenvalue weighted by Crippen LogP contribution is -2.25. The number of nitrogens with zero attached hydrogens (tertiary/aromatic N) is 1. The summed E-state index contributed by atoms with van der Waals surface area (Å²) in [6.07, 6.45) is 5.50. The molecule has 0 bridgehead atoms. The maximum atomic E-state index is 4.53. The molecule has 2 aromatic heterocycles. The number of H-pyrrole nitrogens is 1. The first kappa shape index (κ1) is 12.6. The number of hydrogen-bond acceptors (Lipinski definition) is 2. The Hall–Kier alpha value is -2.13. The molecule has 0 saturated carbocycles. The Balaban J connectivity index is 1.76. The number of nitrogens with one attached hydrogen (secondary N) is 1. The van der Waals surface area contributed by atoms with Crippen LogP contribution in [0.15, 0.2) is 53.2 Å². The van der Waals surface area contributed by atoms with Gasteiger partial charge in [-0.25, -0.2) is 0 Å². The van der Waals surface area contributed by atoms with Gasteiger partial charge in [0.25, 0.3) is 0 Å². The van der Waals surface area contributed by atoms with Crippen LogP contribution in [-0.4, -0.2) is 10.2 Å². The lowest BCUT2D eigenvalue weighted by atomic mass is 9.74. The molecular formula is C18H16N2S. The Labute approximate surface area is 128 Å². The number of hydrogen-bond donors (Lipinski definition) is 1. The average molecular weight is 292 g/mol. The highest BCUT2D eigenvalue weighted by molar-refractivity contribution is 7.08. The van der Waals surface area contributed by atoms with Crippen molar-refractivity contribution < 1.29 is 0 Å². The first-order valence-electron chi connectivity index (χ1n) is 7.11. The van der Waals surface area contributed by atoms with E-state index in [1.165, 1.54) is 22.4 Å². The van der Waals surface area contributed by atoms with Gasteiger partial charge < -0.3 is 0 Å². The predicted octanol–water partition coefficient (Wildman–Crippen LogP) is 4.67. The summed E-state index contributed by atoms with van der Waals surface area (Å²) in [4.78, 5) is 0. The Morgan fingerprint density at radius 3 is 2.81 bits per heavy atom. The van der Waals surface area contributed by atoms with Crippen LogP contribution in [0, 0.1) is 0 Å². The highest BCUT2D eigenvalue weighted by Crippen LogP contribution is 2.38. The van der Waals surface area contributed by atoms with Crippen molar-refractivity contribution in [2.24, 2.45) is 0 Å². The zero-order chi connectivity index (χ0) is 14.3. The fourth-order valence-electron chi connectivity index (χ4n) is 3.03. The van der Waals surface area contributed by atoms with Gasteiger partial charge in [0.1, 0.15) is 5.69 Å². The molecule has 2 nitrogen and oxygen atoms in total. The monoisotopic (exact) mass is 292 g/mol. The third-order valence-corrected chi connectivity index (χ3v) is 4.96. The molecule has 1 atom stereocenters. The third-order valence-electron chi connectivity index (χ3n) is 4.27. The zero-order valence-electron chi connectivity index (χ0n) is 11.8. The number of fused-ring (bicyclic) bond motifs is 1. The van der Waals surface area contributed by atoms with Gasteiger partial charge in [-0.2, -0.15) is 16.4 Å². The van der Waals surface area contributed by atoms with Gasteiger partial charge in [-0.15, -0.1) is 0 Å². The molecule has 3 aromatic rings. The minimum atomic E-state index is 0.0344. The number of aromatic nitrogens is 2. The van der Waals surface area contributed by atoms with Gasteiger partial charge in [-0.05, 0) is 17.0 Å². The Morgan fingerprint density at radius 1 is 1.19 bits per heavy atom. The third kappa shape index (κ3) is 2.05. The van der Waals surface area contributed by atoms with Gasteiger partial charge in [-0.3, -0.25) is 5.10 Å². The van der Waals surface area contributed by atoms with Crippen LogP contribution in [0.5, 0.6) is 0 Å². The van der Waals surface area contributed by atoms with Crippen molar-refractivity contribution in [1.82, 2.24) is 10.2 Å². The molecule has 1 unspecified atom stereocenters. The lowest BCUT2D eigenvalue weighted by molar-refractivity contribution is 0.577. The molecular weight excluding hydrogens is 276 g/mol. The average Bonchev–Trinajstić information content (AvgIpc) is 3.16. The van der Waals surface area contributed by atoms with E-state index in [4.69, 9.17) is 0 Å². The highest BCUT2D eigenvalue weighted by atomic mass is 32.1. The van der Waals surface area contributed by atoms with Gasteiger partial charge >= 0.3 is 0 Å². The molecule has 0 aliphatic heterocycles. The molecule has 0 fully saturated rings. The van der Waals surface area contributed by atoms with Crippen molar-refractivity contribution in [2.45, 2.75) is 18.8 Å². The van der Waals surface area contributed by atoms with Crippen LogP contribution in [0.4, 0.5) is 0 Å². The van der Waals surface area contributed by atoms with E-state index in [0.29, 0.717) is 0 Å². The summed E-state index contributed by atoms with van der Waals surface area (Å²) in [6, 6.07) is 12.8. The first-order chi connectivity index (χ1) is 10.3. The molecule has 1 aliphatic carbocycles. The molecule has 3 heteroatoms. The van der Waals surface area contributed by atoms with Gasteiger partial charge in [0.05, 0.1) is 0 Å². The standard InChI is InChI=1S/C18H16N2S/c1-18(14-5-3-2-4-6-14)9-7-15-16(11-18)19-20-17(15)13-8-10-21-12-13/h2-10,12H,11H2,1H3,(H,19,20). The van der Waals surface area contributed by atoms with Crippen molar-refractivity contribution in [2.75, 3.05) is 0 Å². The van der Waals surface area contributed by atoms with Gasteiger partial charge in [-0.1, -0.05) is 49.4 Å². The lowest BCUT2D eigenvalue weighted by Gasteiger charge is -2.29. The van der Waals surface area contributed by atoms with Gasteiger partial charge in [0.15, 0.2) is 0 Å². The minimum Gasteiger partial charge on any atom is -0.281 e. The van der Waals surface area contributed by atoms with Crippen LogP contribution in [0.2, 0.25) is 0 Å². The van der Waals surface area contributed by atoms with Crippen molar-refractivity contribution in [1.29, 1.82) is 0 Å². The van der Waals surface area contributed by atoms with Gasteiger partial charge in [0, 0.05) is 34.0 Å². The molecule has 0 amide bonds. The van der Waals surface area contributed by atoms with Crippen LogP contribution in [-0.2, 0) is 11.8 Å². The molecule has 1 N–H and O–H groups in total. The topological polar surface area (TPSA) is 28.7 Å². The molecule has 1 aliphatic rings. The summed E-state index contributed by atoms with van der Waals surface area (Å²) in [6.45, 7) is 2.28. The summed E-state index contributed by atoms with van der Waals surface area (Å²) in [5.41, 5.74) is 6.11. The van der Waals surface area contributed by atoms with Crippen LogP contribution in [0.25, 0.3) is 17.3 Å². The minimum absolute atomic E-state index is 0.0344. The van der Waals surface area contributed by atoms with Gasteiger partial charge in [0.2, 0.25) is 0 Å². The second-order valence-electron chi connectivity index (χ2n) is 5.77. The quantitative estimate of drug-likeness (QED) is 0.731. The second-order valence-corrected chi connectivity index (χ2v) is 6.55. The maximum absolute atomic E-state index is 4.53. The molecule has 4 rings (SSSR count). The van der Waals surface area contributed by atoms with Crippen molar-refractivity contribution in [3.63, 3.8) is 0 Å². The van der Waals surface area contributed by atoms with Crippen molar-refractivity contribution in [3.8, 4) is 11.3 Å². The van der Waals surface area contributed by atoms with Crippen molar-refractivity contribution >= 4 is 17.4 Å². The zero-order valence-corrected chi connectivity index (χ0v) is 12.7. The molecule has 1 aromatic carbocycles. The van der Waals surface area contributed by atoms with E-state index in [1.807, 2.05) is 0 Å². The second kappa shape index (κ2) is 4.71. The summed E-state index contributed by atoms with van der Waals surface area (Å²) in [5, 5.41) is 12.0. The normalized spacial score (nSPS) is 20.4. The Morgan fingerprint density at radius 2 is 2.05 bits per heavy atom. The first-order valence-corrected chi connectivity index (χ1v) is 8.05. The van der Waals surface area contributed by atoms with E-state index < -0.39 is 0 Å². The summed E-state index contributed by atoms with van der Waals surface area (Å²) in [7, 11) is 0. The number of aromatic amines is 1. The Kier molecular flexibility index (Phi) is 2.82. The molecule has 0 spiro atoms. The molecule has 2 heterocycles. The fourth-order valence-corrected chi connectivity index (χ4v) is 3.67. The summed E-state index contributed by atoms with van der Waals surface area (Å²) >= 11 is 1.71. The van der Waals surface area contributed by atoms with Crippen LogP contribution in [0.3, 0.4) is 0 Å². The highest BCUT2D eigenvalue weighted by Gasteiger charge is 2.30. The number of thiophene rings is 1. The van der Waals surface area contributed by atoms with E-state index in [0.717, 1.165) is 12.1 Å². The van der Waals surface area contributed by atoms with E-state index in [-0.39, 0.29) is 5.41 Å². The fraction of sp³-hybridized carbons (Fsp3) is 0.167. The molecule has 21 heavy (non-hydrogen) atoms. The number of rotatable bonds is 2. The van der Waals surface area contributed by atoms with E-state index in [2.05, 4.69) is 76.4 Å².